The SMILES string of the molecule is NC1(C(=O)O)CCC2(CC1)OCC(C(=O)OCc1ccccc1)O2. The maximum Gasteiger partial charge on any atom is 0.338 e. The average Bonchev–Trinajstić information content (AvgIpc) is 3.01. The van der Waals surface area contributed by atoms with Crippen LogP contribution >= 0.6 is 0 Å². The van der Waals surface area contributed by atoms with E-state index in [0.29, 0.717) is 12.8 Å². The summed E-state index contributed by atoms with van der Waals surface area (Å²) in [6.07, 6.45) is 0.391. The number of carbonyl (C=O) groups is 2. The van der Waals surface area contributed by atoms with E-state index in [1.54, 1.807) is 0 Å². The largest absolute Gasteiger partial charge is 0.480 e. The summed E-state index contributed by atoms with van der Waals surface area (Å²) in [5, 5.41) is 9.17. The molecule has 24 heavy (non-hydrogen) atoms. The van der Waals surface area contributed by atoms with Gasteiger partial charge in [-0.2, -0.15) is 0 Å². The number of rotatable bonds is 4. The Morgan fingerprint density at radius 3 is 2.50 bits per heavy atom. The summed E-state index contributed by atoms with van der Waals surface area (Å²) < 4.78 is 16.7. The van der Waals surface area contributed by atoms with Crippen molar-refractivity contribution in [3.63, 3.8) is 0 Å². The Bertz CT molecular complexity index is 609. The Kier molecular flexibility index (Phi) is 4.58. The molecule has 130 valence electrons. The van der Waals surface area contributed by atoms with Crippen LogP contribution in [-0.2, 0) is 30.4 Å². The molecule has 1 heterocycles. The molecule has 7 nitrogen and oxygen atoms in total. The lowest BCUT2D eigenvalue weighted by Gasteiger charge is -2.39. The summed E-state index contributed by atoms with van der Waals surface area (Å²) in [7, 11) is 0. The van der Waals surface area contributed by atoms with Crippen LogP contribution in [-0.4, -0.2) is 41.1 Å². The van der Waals surface area contributed by atoms with Crippen molar-refractivity contribution >= 4 is 11.9 Å². The number of carboxylic acid groups (broad SMARTS) is 1. The molecule has 0 radical (unpaired) electrons. The van der Waals surface area contributed by atoms with Crippen LogP contribution in [0, 0.1) is 0 Å². The number of aliphatic carboxylic acids is 1. The molecule has 1 aliphatic heterocycles. The standard InChI is InChI=1S/C17H21NO6/c18-16(15(20)21)6-8-17(9-7-16)23-11-13(24-17)14(19)22-10-12-4-2-1-3-5-12/h1-5,13H,6-11,18H2,(H,20,21). The van der Waals surface area contributed by atoms with E-state index in [9.17, 15) is 9.59 Å². The number of hydrogen-bond acceptors (Lipinski definition) is 6. The lowest BCUT2D eigenvalue weighted by Crippen LogP contribution is -2.54. The highest BCUT2D eigenvalue weighted by molar-refractivity contribution is 5.78. The zero-order valence-electron chi connectivity index (χ0n) is 13.3. The first kappa shape index (κ1) is 16.9. The van der Waals surface area contributed by atoms with Crippen molar-refractivity contribution in [2.24, 2.45) is 5.73 Å². The highest BCUT2D eigenvalue weighted by atomic mass is 16.8. The smallest absolute Gasteiger partial charge is 0.338 e. The third-order valence-electron chi connectivity index (χ3n) is 4.67. The summed E-state index contributed by atoms with van der Waals surface area (Å²) in [5.74, 6) is -2.41. The lowest BCUT2D eigenvalue weighted by atomic mass is 9.79. The molecule has 2 fully saturated rings. The molecule has 2 aliphatic rings. The summed E-state index contributed by atoms with van der Waals surface area (Å²) in [4.78, 5) is 23.3. The second kappa shape index (κ2) is 6.51. The first-order chi connectivity index (χ1) is 11.4. The monoisotopic (exact) mass is 335 g/mol. The molecule has 1 spiro atoms. The molecule has 1 saturated heterocycles. The molecule has 1 aromatic rings. The van der Waals surface area contributed by atoms with E-state index in [1.807, 2.05) is 30.3 Å². The normalized spacial score (nSPS) is 32.6. The fraction of sp³-hybridized carbons (Fsp3) is 0.529. The van der Waals surface area contributed by atoms with Crippen LogP contribution < -0.4 is 5.73 Å². The number of carbonyl (C=O) groups excluding carboxylic acids is 1. The van der Waals surface area contributed by atoms with Gasteiger partial charge in [-0.15, -0.1) is 0 Å². The summed E-state index contributed by atoms with van der Waals surface area (Å²) in [5.41, 5.74) is 5.51. The van der Waals surface area contributed by atoms with Gasteiger partial charge >= 0.3 is 11.9 Å². The lowest BCUT2D eigenvalue weighted by molar-refractivity contribution is -0.203. The predicted octanol–water partition coefficient (Wildman–Crippen LogP) is 1.20. The molecule has 0 aromatic heterocycles. The van der Waals surface area contributed by atoms with Crippen molar-refractivity contribution in [1.29, 1.82) is 0 Å². The van der Waals surface area contributed by atoms with Crippen molar-refractivity contribution in [1.82, 2.24) is 0 Å². The van der Waals surface area contributed by atoms with Crippen molar-refractivity contribution < 1.29 is 28.9 Å². The van der Waals surface area contributed by atoms with Crippen LogP contribution in [0.2, 0.25) is 0 Å². The number of hydrogen-bond donors (Lipinski definition) is 2. The molecule has 1 saturated carbocycles. The molecule has 1 aliphatic carbocycles. The fourth-order valence-electron chi connectivity index (χ4n) is 3.05. The fourth-order valence-corrected chi connectivity index (χ4v) is 3.05. The quantitative estimate of drug-likeness (QED) is 0.796. The van der Waals surface area contributed by atoms with Gasteiger partial charge in [0.25, 0.3) is 0 Å². The third kappa shape index (κ3) is 3.43. The van der Waals surface area contributed by atoms with E-state index in [1.165, 1.54) is 0 Å². The van der Waals surface area contributed by atoms with Crippen LogP contribution in [0.5, 0.6) is 0 Å². The van der Waals surface area contributed by atoms with Crippen LogP contribution in [0.1, 0.15) is 31.2 Å². The van der Waals surface area contributed by atoms with Crippen molar-refractivity contribution in [2.45, 2.75) is 49.7 Å². The minimum atomic E-state index is -1.25. The second-order valence-electron chi connectivity index (χ2n) is 6.38. The Morgan fingerprint density at radius 1 is 1.21 bits per heavy atom. The van der Waals surface area contributed by atoms with Gasteiger partial charge in [0, 0.05) is 12.8 Å². The number of esters is 1. The minimum absolute atomic E-state index is 0.109. The van der Waals surface area contributed by atoms with Crippen molar-refractivity contribution in [3.8, 4) is 0 Å². The van der Waals surface area contributed by atoms with Crippen LogP contribution in [0.25, 0.3) is 0 Å². The average molecular weight is 335 g/mol. The zero-order valence-corrected chi connectivity index (χ0v) is 13.3. The predicted molar refractivity (Wildman–Crippen MR) is 82.8 cm³/mol. The number of nitrogens with two attached hydrogens (primary N) is 1. The van der Waals surface area contributed by atoms with E-state index >= 15 is 0 Å². The Labute approximate surface area is 139 Å². The van der Waals surface area contributed by atoms with Crippen LogP contribution in [0.3, 0.4) is 0 Å². The maximum absolute atomic E-state index is 12.1. The Balaban J connectivity index is 1.52. The molecule has 1 atom stereocenters. The third-order valence-corrected chi connectivity index (χ3v) is 4.67. The van der Waals surface area contributed by atoms with E-state index in [0.717, 1.165) is 5.56 Å². The molecule has 0 amide bonds. The van der Waals surface area contributed by atoms with Crippen LogP contribution in [0.4, 0.5) is 0 Å². The zero-order chi connectivity index (χ0) is 17.2. The van der Waals surface area contributed by atoms with E-state index in [2.05, 4.69) is 0 Å². The van der Waals surface area contributed by atoms with Gasteiger partial charge in [-0.3, -0.25) is 4.79 Å². The van der Waals surface area contributed by atoms with Crippen LogP contribution in [0.15, 0.2) is 30.3 Å². The molecular weight excluding hydrogens is 314 g/mol. The van der Waals surface area contributed by atoms with Gasteiger partial charge in [0.15, 0.2) is 11.9 Å². The van der Waals surface area contributed by atoms with E-state index < -0.39 is 29.4 Å². The summed E-state index contributed by atoms with van der Waals surface area (Å²) in [6.45, 7) is 0.287. The Hall–Kier alpha value is -1.96. The van der Waals surface area contributed by atoms with Gasteiger partial charge < -0.3 is 25.1 Å². The molecule has 1 aromatic carbocycles. The minimum Gasteiger partial charge on any atom is -0.480 e. The summed E-state index contributed by atoms with van der Waals surface area (Å²) >= 11 is 0. The van der Waals surface area contributed by atoms with Gasteiger partial charge in [-0.1, -0.05) is 30.3 Å². The van der Waals surface area contributed by atoms with Gasteiger partial charge in [0.2, 0.25) is 0 Å². The molecule has 0 bridgehead atoms. The van der Waals surface area contributed by atoms with Gasteiger partial charge in [0.05, 0.1) is 6.61 Å². The first-order valence-corrected chi connectivity index (χ1v) is 7.97. The highest BCUT2D eigenvalue weighted by Crippen LogP contribution is 2.41. The first-order valence-electron chi connectivity index (χ1n) is 7.97. The van der Waals surface area contributed by atoms with E-state index in [-0.39, 0.29) is 26.1 Å². The number of carboxylic acids is 1. The topological polar surface area (TPSA) is 108 Å². The van der Waals surface area contributed by atoms with Gasteiger partial charge in [0.1, 0.15) is 12.1 Å². The molecule has 3 rings (SSSR count). The van der Waals surface area contributed by atoms with Crippen molar-refractivity contribution in [2.75, 3.05) is 6.61 Å². The Morgan fingerprint density at radius 2 is 1.88 bits per heavy atom. The van der Waals surface area contributed by atoms with Gasteiger partial charge in [-0.05, 0) is 18.4 Å². The molecule has 1 unspecified atom stereocenters. The second-order valence-corrected chi connectivity index (χ2v) is 6.38. The summed E-state index contributed by atoms with van der Waals surface area (Å²) in [6, 6.07) is 9.37. The molecule has 7 heteroatoms. The van der Waals surface area contributed by atoms with E-state index in [4.69, 9.17) is 25.1 Å². The highest BCUT2D eigenvalue weighted by Gasteiger charge is 2.51. The molecular formula is C17H21NO6. The molecule has 3 N–H and O–H groups in total. The number of ether oxygens (including phenoxy) is 3. The number of benzene rings is 1. The maximum atomic E-state index is 12.1. The van der Waals surface area contributed by atoms with Gasteiger partial charge in [-0.25, -0.2) is 4.79 Å². The van der Waals surface area contributed by atoms with Crippen molar-refractivity contribution in [3.05, 3.63) is 35.9 Å².